The Kier molecular flexibility index (Phi) is 6.16. The maximum atomic E-state index is 5.91. The molecule has 3 heteroatoms. The molecule has 1 saturated heterocycles. The summed E-state index contributed by atoms with van der Waals surface area (Å²) in [5.41, 5.74) is 3.32. The van der Waals surface area contributed by atoms with Gasteiger partial charge in [-0.2, -0.15) is 0 Å². The number of piperazine rings is 1. The van der Waals surface area contributed by atoms with E-state index in [0.717, 1.165) is 19.0 Å². The highest BCUT2D eigenvalue weighted by atomic mass is 35.5. The summed E-state index contributed by atoms with van der Waals surface area (Å²) in [6.07, 6.45) is 7.11. The molecule has 1 N–H and O–H groups in total. The Labute approximate surface area is 136 Å². The van der Waals surface area contributed by atoms with Crippen molar-refractivity contribution >= 4 is 11.6 Å². The van der Waals surface area contributed by atoms with Crippen LogP contribution in [0.3, 0.4) is 0 Å². The van der Waals surface area contributed by atoms with E-state index in [2.05, 4.69) is 37.9 Å². The van der Waals surface area contributed by atoms with Crippen LogP contribution in [0.25, 0.3) is 0 Å². The number of halogens is 1. The second kappa shape index (κ2) is 7.48. The minimum atomic E-state index is 0.303. The Morgan fingerprint density at radius 2 is 1.90 bits per heavy atom. The first-order valence-corrected chi connectivity index (χ1v) is 9.08. The van der Waals surface area contributed by atoms with Crippen LogP contribution in [0.2, 0.25) is 0 Å². The van der Waals surface area contributed by atoms with Gasteiger partial charge in [-0.3, -0.25) is 4.90 Å². The second-order valence-corrected chi connectivity index (χ2v) is 8.40. The monoisotopic (exact) mass is 312 g/mol. The minimum Gasteiger partial charge on any atom is -0.311 e. The predicted molar refractivity (Wildman–Crippen MR) is 92.8 cm³/mol. The normalized spacial score (nSPS) is 30.6. The van der Waals surface area contributed by atoms with Crippen LogP contribution in [0.4, 0.5) is 0 Å². The molecule has 21 heavy (non-hydrogen) atoms. The lowest BCUT2D eigenvalue weighted by Gasteiger charge is -2.48. The average molecular weight is 313 g/mol. The fourth-order valence-corrected chi connectivity index (χ4v) is 4.14. The van der Waals surface area contributed by atoms with Crippen LogP contribution in [0.5, 0.6) is 0 Å². The Balaban J connectivity index is 2.04. The number of hydrogen-bond donors (Lipinski definition) is 1. The van der Waals surface area contributed by atoms with Gasteiger partial charge in [0.05, 0.1) is 0 Å². The fraction of sp³-hybridized carbons (Fsp3) is 0.889. The topological polar surface area (TPSA) is 15.3 Å². The van der Waals surface area contributed by atoms with Crippen molar-refractivity contribution in [2.45, 2.75) is 71.9 Å². The van der Waals surface area contributed by atoms with Crippen LogP contribution in [-0.4, -0.2) is 36.6 Å². The average Bonchev–Trinajstić information content (AvgIpc) is 2.46. The number of nitrogens with one attached hydrogen (secondary N) is 1. The molecule has 0 aromatic carbocycles. The van der Waals surface area contributed by atoms with Gasteiger partial charge in [0.25, 0.3) is 0 Å². The molecule has 2 fully saturated rings. The zero-order chi connectivity index (χ0) is 15.5. The van der Waals surface area contributed by atoms with Crippen molar-refractivity contribution in [1.29, 1.82) is 0 Å². The Bertz CT molecular complexity index is 353. The van der Waals surface area contributed by atoms with Gasteiger partial charge in [-0.05, 0) is 36.7 Å². The highest BCUT2D eigenvalue weighted by molar-refractivity contribution is 6.25. The van der Waals surface area contributed by atoms with Crippen LogP contribution in [0.15, 0.2) is 11.1 Å². The van der Waals surface area contributed by atoms with Gasteiger partial charge >= 0.3 is 0 Å². The molecule has 1 saturated carbocycles. The van der Waals surface area contributed by atoms with Gasteiger partial charge in [-0.15, -0.1) is 0 Å². The summed E-state index contributed by atoms with van der Waals surface area (Å²) in [5, 5.41) is 3.87. The van der Waals surface area contributed by atoms with E-state index in [1.807, 2.05) is 0 Å². The van der Waals surface area contributed by atoms with Crippen molar-refractivity contribution < 1.29 is 0 Å². The van der Waals surface area contributed by atoms with Gasteiger partial charge in [-0.25, -0.2) is 0 Å². The van der Waals surface area contributed by atoms with Crippen LogP contribution < -0.4 is 5.32 Å². The van der Waals surface area contributed by atoms with Crippen molar-refractivity contribution in [3.8, 4) is 0 Å². The first kappa shape index (κ1) is 17.3. The molecule has 0 bridgehead atoms. The molecule has 2 aliphatic rings. The van der Waals surface area contributed by atoms with E-state index in [0.29, 0.717) is 17.5 Å². The number of rotatable bonds is 3. The summed E-state index contributed by atoms with van der Waals surface area (Å²) in [6.45, 7) is 12.5. The van der Waals surface area contributed by atoms with E-state index in [1.54, 1.807) is 5.54 Å². The lowest BCUT2D eigenvalue weighted by molar-refractivity contribution is 0.0446. The molecular weight excluding hydrogens is 280 g/mol. The van der Waals surface area contributed by atoms with E-state index >= 15 is 0 Å². The lowest BCUT2D eigenvalue weighted by Crippen LogP contribution is -2.62. The van der Waals surface area contributed by atoms with Gasteiger partial charge in [0.2, 0.25) is 0 Å². The van der Waals surface area contributed by atoms with Crippen molar-refractivity contribution in [2.75, 3.05) is 19.6 Å². The van der Waals surface area contributed by atoms with Gasteiger partial charge in [0, 0.05) is 37.3 Å². The molecule has 2 rings (SSSR count). The molecule has 2 unspecified atom stereocenters. The summed E-state index contributed by atoms with van der Waals surface area (Å²) >= 11 is 5.91. The van der Waals surface area contributed by atoms with Crippen molar-refractivity contribution in [2.24, 2.45) is 11.3 Å². The minimum absolute atomic E-state index is 0.303. The third-order valence-corrected chi connectivity index (χ3v) is 5.68. The molecule has 122 valence electrons. The summed E-state index contributed by atoms with van der Waals surface area (Å²) in [6, 6.07) is 1.26. The molecule has 1 heterocycles. The van der Waals surface area contributed by atoms with Crippen molar-refractivity contribution in [3.05, 3.63) is 11.1 Å². The van der Waals surface area contributed by atoms with Gasteiger partial charge in [0.15, 0.2) is 0 Å². The Morgan fingerprint density at radius 1 is 1.24 bits per heavy atom. The largest absolute Gasteiger partial charge is 0.311 e. The van der Waals surface area contributed by atoms with E-state index in [-0.39, 0.29) is 0 Å². The molecule has 0 aromatic heterocycles. The standard InChI is InChI=1S/C18H33ClN2/c1-14(10-19)12-21-13-16(15-8-6-5-7-9-15)20-11-17(21)18(2,3)4/h10,15-17,20H,5-9,11-13H2,1-4H3. The highest BCUT2D eigenvalue weighted by Gasteiger charge is 2.37. The second-order valence-electron chi connectivity index (χ2n) is 8.18. The summed E-state index contributed by atoms with van der Waals surface area (Å²) in [5.74, 6) is 0.877. The first-order chi connectivity index (χ1) is 9.91. The van der Waals surface area contributed by atoms with Crippen molar-refractivity contribution in [1.82, 2.24) is 10.2 Å². The van der Waals surface area contributed by atoms with E-state index in [1.165, 1.54) is 44.2 Å². The first-order valence-electron chi connectivity index (χ1n) is 8.65. The van der Waals surface area contributed by atoms with Crippen molar-refractivity contribution in [3.63, 3.8) is 0 Å². The van der Waals surface area contributed by atoms with Crippen LogP contribution in [0.1, 0.15) is 59.8 Å². The lowest BCUT2D eigenvalue weighted by atomic mass is 9.79. The molecule has 1 aliphatic heterocycles. The van der Waals surface area contributed by atoms with Gasteiger partial charge in [-0.1, -0.05) is 51.6 Å². The maximum Gasteiger partial charge on any atom is 0.0273 e. The highest BCUT2D eigenvalue weighted by Crippen LogP contribution is 2.32. The third kappa shape index (κ3) is 4.71. The zero-order valence-corrected chi connectivity index (χ0v) is 15.0. The molecule has 0 radical (unpaired) electrons. The summed E-state index contributed by atoms with van der Waals surface area (Å²) in [7, 11) is 0. The molecule has 0 amide bonds. The van der Waals surface area contributed by atoms with E-state index < -0.39 is 0 Å². The smallest absolute Gasteiger partial charge is 0.0273 e. The third-order valence-electron chi connectivity index (χ3n) is 5.30. The van der Waals surface area contributed by atoms with Gasteiger partial charge in [0.1, 0.15) is 0 Å². The van der Waals surface area contributed by atoms with E-state index in [9.17, 15) is 0 Å². The van der Waals surface area contributed by atoms with Crippen LogP contribution in [0, 0.1) is 11.3 Å². The molecular formula is C18H33ClN2. The summed E-state index contributed by atoms with van der Waals surface area (Å²) in [4.78, 5) is 2.67. The molecule has 0 aromatic rings. The maximum absolute atomic E-state index is 5.91. The van der Waals surface area contributed by atoms with Crippen LogP contribution in [-0.2, 0) is 0 Å². The molecule has 0 spiro atoms. The summed E-state index contributed by atoms with van der Waals surface area (Å²) < 4.78 is 0. The number of nitrogens with zero attached hydrogens (tertiary/aromatic N) is 1. The van der Waals surface area contributed by atoms with Gasteiger partial charge < -0.3 is 5.32 Å². The molecule has 1 aliphatic carbocycles. The Morgan fingerprint density at radius 3 is 2.48 bits per heavy atom. The van der Waals surface area contributed by atoms with Crippen LogP contribution >= 0.6 is 11.6 Å². The quantitative estimate of drug-likeness (QED) is 0.831. The fourth-order valence-electron chi connectivity index (χ4n) is 4.07. The zero-order valence-electron chi connectivity index (χ0n) is 14.3. The Hall–Kier alpha value is -0.0500. The van der Waals surface area contributed by atoms with E-state index in [4.69, 9.17) is 11.6 Å². The SMILES string of the molecule is CC(=CCl)CN1CC(C2CCCCC2)NCC1C(C)(C)C. The predicted octanol–water partition coefficient (Wildman–Crippen LogP) is 4.40. The molecule has 2 atom stereocenters. The molecule has 2 nitrogen and oxygen atoms in total. The number of hydrogen-bond acceptors (Lipinski definition) is 2.